The van der Waals surface area contributed by atoms with Crippen LogP contribution >= 0.6 is 0 Å². The van der Waals surface area contributed by atoms with Crippen molar-refractivity contribution in [3.05, 3.63) is 41.3 Å². The van der Waals surface area contributed by atoms with Crippen molar-refractivity contribution in [2.24, 2.45) is 0 Å². The van der Waals surface area contributed by atoms with Gasteiger partial charge in [0.05, 0.1) is 12.7 Å². The Balaban J connectivity index is 2.73. The molecule has 21 heavy (non-hydrogen) atoms. The lowest BCUT2D eigenvalue weighted by molar-refractivity contribution is 0.0697. The van der Waals surface area contributed by atoms with Crippen LogP contribution in [-0.2, 0) is 0 Å². The molecule has 2 aromatic heterocycles. The number of aryl methyl sites for hydroxylation is 1. The van der Waals surface area contributed by atoms with Crippen molar-refractivity contribution in [2.75, 3.05) is 7.11 Å². The quantitative estimate of drug-likeness (QED) is 0.938. The molecule has 0 saturated carbocycles. The van der Waals surface area contributed by atoms with Crippen LogP contribution in [0.15, 0.2) is 24.5 Å². The number of halogens is 2. The van der Waals surface area contributed by atoms with Crippen molar-refractivity contribution in [3.63, 3.8) is 0 Å². The molecule has 2 heterocycles. The van der Waals surface area contributed by atoms with E-state index in [4.69, 9.17) is 4.74 Å². The molecule has 0 aliphatic heterocycles. The highest BCUT2D eigenvalue weighted by atomic mass is 19.3. The Morgan fingerprint density at radius 1 is 1.24 bits per heavy atom. The van der Waals surface area contributed by atoms with Gasteiger partial charge in [-0.25, -0.2) is 18.6 Å². The van der Waals surface area contributed by atoms with Crippen molar-refractivity contribution in [1.82, 2.24) is 9.97 Å². The average molecular weight is 294 g/mol. The second-order valence-corrected chi connectivity index (χ2v) is 4.30. The van der Waals surface area contributed by atoms with Gasteiger partial charge in [-0.3, -0.25) is 4.98 Å². The standard InChI is InChI=1S/C14H12F2N2O3/c1-7-3-9(11(6-17-7)14(19)20)10-4-8(12(15)16)5-18-13(10)21-2/h3-6,12H,1-2H3,(H,19,20). The topological polar surface area (TPSA) is 72.3 Å². The van der Waals surface area contributed by atoms with Crippen molar-refractivity contribution in [1.29, 1.82) is 0 Å². The van der Waals surface area contributed by atoms with E-state index in [1.807, 2.05) is 0 Å². The summed E-state index contributed by atoms with van der Waals surface area (Å²) in [6.07, 6.45) is -0.526. The first kappa shape index (κ1) is 14.8. The van der Waals surface area contributed by atoms with Crippen LogP contribution in [0.25, 0.3) is 11.1 Å². The Hall–Kier alpha value is -2.57. The molecular formula is C14H12F2N2O3. The lowest BCUT2D eigenvalue weighted by Gasteiger charge is -2.12. The van der Waals surface area contributed by atoms with E-state index in [0.717, 1.165) is 6.20 Å². The largest absolute Gasteiger partial charge is 0.481 e. The second-order valence-electron chi connectivity index (χ2n) is 4.30. The molecule has 110 valence electrons. The zero-order chi connectivity index (χ0) is 15.6. The summed E-state index contributed by atoms with van der Waals surface area (Å²) in [7, 11) is 1.34. The monoisotopic (exact) mass is 294 g/mol. The fourth-order valence-electron chi connectivity index (χ4n) is 1.90. The first-order valence-corrected chi connectivity index (χ1v) is 5.96. The molecule has 0 aliphatic rings. The Labute approximate surface area is 119 Å². The fourth-order valence-corrected chi connectivity index (χ4v) is 1.90. The summed E-state index contributed by atoms with van der Waals surface area (Å²) in [5.74, 6) is -1.13. The maximum absolute atomic E-state index is 12.8. The van der Waals surface area contributed by atoms with Crippen LogP contribution < -0.4 is 4.74 Å². The number of carboxylic acids is 1. The summed E-state index contributed by atoms with van der Waals surface area (Å²) in [4.78, 5) is 19.0. The minimum Gasteiger partial charge on any atom is -0.481 e. The number of hydrogen-bond donors (Lipinski definition) is 1. The van der Waals surface area contributed by atoms with Gasteiger partial charge in [0, 0.05) is 34.8 Å². The molecular weight excluding hydrogens is 282 g/mol. The molecule has 0 fully saturated rings. The Kier molecular flexibility index (Phi) is 4.11. The van der Waals surface area contributed by atoms with Crippen molar-refractivity contribution in [3.8, 4) is 17.0 Å². The Morgan fingerprint density at radius 3 is 2.52 bits per heavy atom. The third-order valence-electron chi connectivity index (χ3n) is 2.88. The van der Waals surface area contributed by atoms with Gasteiger partial charge in [0.2, 0.25) is 5.88 Å². The molecule has 2 aromatic rings. The van der Waals surface area contributed by atoms with Crippen LogP contribution in [0.1, 0.15) is 28.0 Å². The van der Waals surface area contributed by atoms with Crippen molar-refractivity contribution in [2.45, 2.75) is 13.3 Å². The number of hydrogen-bond acceptors (Lipinski definition) is 4. The van der Waals surface area contributed by atoms with E-state index in [1.165, 1.54) is 25.4 Å². The average Bonchev–Trinajstić information content (AvgIpc) is 2.46. The molecule has 0 aliphatic carbocycles. The third kappa shape index (κ3) is 2.96. The summed E-state index contributed by atoms with van der Waals surface area (Å²) in [6, 6.07) is 2.68. The summed E-state index contributed by atoms with van der Waals surface area (Å²) >= 11 is 0. The first-order chi connectivity index (χ1) is 9.93. The molecule has 5 nitrogen and oxygen atoms in total. The predicted molar refractivity (Wildman–Crippen MR) is 70.7 cm³/mol. The number of rotatable bonds is 4. The van der Waals surface area contributed by atoms with Gasteiger partial charge in [-0.05, 0) is 19.1 Å². The van der Waals surface area contributed by atoms with Crippen LogP contribution in [0.3, 0.4) is 0 Å². The first-order valence-electron chi connectivity index (χ1n) is 5.96. The smallest absolute Gasteiger partial charge is 0.337 e. The lowest BCUT2D eigenvalue weighted by atomic mass is 10.0. The number of methoxy groups -OCH3 is 1. The maximum atomic E-state index is 12.8. The lowest BCUT2D eigenvalue weighted by Crippen LogP contribution is -2.04. The maximum Gasteiger partial charge on any atom is 0.337 e. The summed E-state index contributed by atoms with van der Waals surface area (Å²) in [6.45, 7) is 1.67. The highest BCUT2D eigenvalue weighted by Gasteiger charge is 2.19. The molecule has 0 bridgehead atoms. The van der Waals surface area contributed by atoms with E-state index in [2.05, 4.69) is 9.97 Å². The van der Waals surface area contributed by atoms with Crippen molar-refractivity contribution < 1.29 is 23.4 Å². The fraction of sp³-hybridized carbons (Fsp3) is 0.214. The van der Waals surface area contributed by atoms with Crippen LogP contribution in [0.5, 0.6) is 5.88 Å². The summed E-state index contributed by atoms with van der Waals surface area (Å²) in [5, 5.41) is 9.21. The zero-order valence-corrected chi connectivity index (χ0v) is 11.3. The molecule has 0 aromatic carbocycles. The predicted octanol–water partition coefficient (Wildman–Crippen LogP) is 3.10. The number of carbonyl (C=O) groups is 1. The molecule has 0 radical (unpaired) electrons. The minimum atomic E-state index is -2.71. The number of alkyl halides is 2. The summed E-state index contributed by atoms with van der Waals surface area (Å²) < 4.78 is 30.7. The van der Waals surface area contributed by atoms with Gasteiger partial charge < -0.3 is 9.84 Å². The van der Waals surface area contributed by atoms with Crippen LogP contribution in [0.4, 0.5) is 8.78 Å². The number of nitrogens with zero attached hydrogens (tertiary/aromatic N) is 2. The molecule has 1 N–H and O–H groups in total. The number of ether oxygens (including phenoxy) is 1. The van der Waals surface area contributed by atoms with Gasteiger partial charge >= 0.3 is 5.97 Å². The van der Waals surface area contributed by atoms with Gasteiger partial charge in [-0.2, -0.15) is 0 Å². The highest BCUT2D eigenvalue weighted by Crippen LogP contribution is 2.34. The Morgan fingerprint density at radius 2 is 1.95 bits per heavy atom. The van der Waals surface area contributed by atoms with Gasteiger partial charge in [0.15, 0.2) is 0 Å². The van der Waals surface area contributed by atoms with Crippen LogP contribution in [-0.4, -0.2) is 28.2 Å². The van der Waals surface area contributed by atoms with Gasteiger partial charge in [-0.1, -0.05) is 0 Å². The van der Waals surface area contributed by atoms with E-state index in [0.29, 0.717) is 5.69 Å². The number of aromatic carboxylic acids is 1. The molecule has 0 saturated heterocycles. The number of carboxylic acid groups (broad SMARTS) is 1. The second kappa shape index (κ2) is 5.82. The van der Waals surface area contributed by atoms with Crippen LogP contribution in [0, 0.1) is 6.92 Å². The van der Waals surface area contributed by atoms with Gasteiger partial charge in [-0.15, -0.1) is 0 Å². The Bertz CT molecular complexity index is 690. The molecule has 0 amide bonds. The van der Waals surface area contributed by atoms with Gasteiger partial charge in [0.1, 0.15) is 0 Å². The van der Waals surface area contributed by atoms with E-state index < -0.39 is 12.4 Å². The molecule has 0 unspecified atom stereocenters. The van der Waals surface area contributed by atoms with E-state index in [-0.39, 0.29) is 28.1 Å². The summed E-state index contributed by atoms with van der Waals surface area (Å²) in [5.41, 5.74) is 0.572. The van der Waals surface area contributed by atoms with Crippen molar-refractivity contribution >= 4 is 5.97 Å². The SMILES string of the molecule is COc1ncc(C(F)F)cc1-c1cc(C)ncc1C(=O)O. The molecule has 2 rings (SSSR count). The number of aromatic nitrogens is 2. The van der Waals surface area contributed by atoms with E-state index in [1.54, 1.807) is 6.92 Å². The number of pyridine rings is 2. The van der Waals surface area contributed by atoms with Gasteiger partial charge in [0.25, 0.3) is 6.43 Å². The normalized spacial score (nSPS) is 10.7. The van der Waals surface area contributed by atoms with E-state index in [9.17, 15) is 18.7 Å². The molecule has 7 heteroatoms. The minimum absolute atomic E-state index is 0.0764. The highest BCUT2D eigenvalue weighted by molar-refractivity contribution is 5.96. The van der Waals surface area contributed by atoms with E-state index >= 15 is 0 Å². The van der Waals surface area contributed by atoms with Crippen LogP contribution in [0.2, 0.25) is 0 Å². The molecule has 0 spiro atoms. The third-order valence-corrected chi connectivity index (χ3v) is 2.88. The zero-order valence-electron chi connectivity index (χ0n) is 11.3. The molecule has 0 atom stereocenters.